The largest absolute Gasteiger partial charge is 0.253 e. The van der Waals surface area contributed by atoms with Gasteiger partial charge in [0.2, 0.25) is 0 Å². The number of nitrogens with zero attached hydrogens (tertiary/aromatic N) is 4. The average Bonchev–Trinajstić information content (AvgIpc) is 3.19. The SMILES string of the molecule is Cc1ccc(-c2cc(-c3ccc(Cl)cc3)nc3nc(-c4ccc(Cl)cc4)nn23)cc1. The van der Waals surface area contributed by atoms with Crippen molar-refractivity contribution in [1.82, 2.24) is 19.6 Å². The summed E-state index contributed by atoms with van der Waals surface area (Å²) < 4.78 is 1.79. The molecule has 146 valence electrons. The predicted molar refractivity (Wildman–Crippen MR) is 122 cm³/mol. The molecule has 5 rings (SSSR count). The Kier molecular flexibility index (Phi) is 4.74. The standard InChI is InChI=1S/C24H16Cl2N4/c1-15-2-4-17(5-3-15)22-14-21(16-6-10-19(25)11-7-16)27-24-28-23(29-30(22)24)18-8-12-20(26)13-9-18/h2-14H,1H3. The average molecular weight is 431 g/mol. The summed E-state index contributed by atoms with van der Waals surface area (Å²) in [4.78, 5) is 9.45. The maximum absolute atomic E-state index is 6.06. The monoisotopic (exact) mass is 430 g/mol. The zero-order valence-corrected chi connectivity index (χ0v) is 17.6. The molecule has 0 fully saturated rings. The molecule has 0 N–H and O–H groups in total. The van der Waals surface area contributed by atoms with Crippen molar-refractivity contribution in [3.8, 4) is 33.9 Å². The number of aryl methyl sites for hydroxylation is 1. The highest BCUT2D eigenvalue weighted by molar-refractivity contribution is 6.30. The first kappa shape index (κ1) is 18.8. The maximum atomic E-state index is 6.06. The van der Waals surface area contributed by atoms with Crippen LogP contribution in [0.3, 0.4) is 0 Å². The molecule has 0 saturated heterocycles. The summed E-state index contributed by atoms with van der Waals surface area (Å²) in [5.74, 6) is 1.13. The van der Waals surface area contributed by atoms with E-state index in [1.807, 2.05) is 54.6 Å². The van der Waals surface area contributed by atoms with Gasteiger partial charge in [-0.2, -0.15) is 9.50 Å². The lowest BCUT2D eigenvalue weighted by atomic mass is 10.1. The topological polar surface area (TPSA) is 43.1 Å². The molecule has 0 spiro atoms. The Hall–Kier alpha value is -3.21. The van der Waals surface area contributed by atoms with Crippen molar-refractivity contribution in [2.75, 3.05) is 0 Å². The van der Waals surface area contributed by atoms with Crippen LogP contribution in [0.15, 0.2) is 78.9 Å². The van der Waals surface area contributed by atoms with Crippen molar-refractivity contribution in [2.45, 2.75) is 6.92 Å². The Labute approximate surface area is 183 Å². The lowest BCUT2D eigenvalue weighted by Crippen LogP contribution is -1.99. The first-order valence-electron chi connectivity index (χ1n) is 9.43. The molecule has 30 heavy (non-hydrogen) atoms. The van der Waals surface area contributed by atoms with Crippen LogP contribution in [0.5, 0.6) is 0 Å². The predicted octanol–water partition coefficient (Wildman–Crippen LogP) is 6.74. The van der Waals surface area contributed by atoms with E-state index in [4.69, 9.17) is 38.3 Å². The number of fused-ring (bicyclic) bond motifs is 1. The molecule has 0 atom stereocenters. The van der Waals surface area contributed by atoms with Crippen molar-refractivity contribution in [2.24, 2.45) is 0 Å². The third kappa shape index (κ3) is 3.56. The summed E-state index contributed by atoms with van der Waals surface area (Å²) in [5, 5.41) is 6.10. The highest BCUT2D eigenvalue weighted by atomic mass is 35.5. The van der Waals surface area contributed by atoms with Crippen LogP contribution in [0, 0.1) is 6.92 Å². The first-order chi connectivity index (χ1) is 14.6. The van der Waals surface area contributed by atoms with Gasteiger partial charge in [-0.3, -0.25) is 0 Å². The quantitative estimate of drug-likeness (QED) is 0.318. The molecule has 0 aliphatic heterocycles. The third-order valence-corrected chi connectivity index (χ3v) is 5.41. The van der Waals surface area contributed by atoms with Gasteiger partial charge in [0.15, 0.2) is 5.82 Å². The van der Waals surface area contributed by atoms with Gasteiger partial charge in [-0.1, -0.05) is 65.2 Å². The Balaban J connectivity index is 1.74. The van der Waals surface area contributed by atoms with Crippen LogP contribution in [0.1, 0.15) is 5.56 Å². The van der Waals surface area contributed by atoms with E-state index in [0.717, 1.165) is 28.1 Å². The van der Waals surface area contributed by atoms with Crippen LogP contribution in [-0.2, 0) is 0 Å². The molecule has 6 heteroatoms. The minimum atomic E-state index is 0.531. The normalized spacial score (nSPS) is 11.2. The van der Waals surface area contributed by atoms with Gasteiger partial charge in [-0.05, 0) is 49.4 Å². The molecule has 0 aliphatic carbocycles. The molecule has 0 aliphatic rings. The van der Waals surface area contributed by atoms with E-state index in [1.165, 1.54) is 5.56 Å². The number of hydrogen-bond donors (Lipinski definition) is 0. The number of hydrogen-bond acceptors (Lipinski definition) is 3. The van der Waals surface area contributed by atoms with Crippen molar-refractivity contribution >= 4 is 29.0 Å². The molecule has 3 aromatic carbocycles. The molecule has 0 bridgehead atoms. The van der Waals surface area contributed by atoms with Crippen molar-refractivity contribution < 1.29 is 0 Å². The summed E-state index contributed by atoms with van der Waals surface area (Å²) in [6.07, 6.45) is 0. The summed E-state index contributed by atoms with van der Waals surface area (Å²) in [5.41, 5.74) is 5.81. The van der Waals surface area contributed by atoms with Crippen LogP contribution in [0.4, 0.5) is 0 Å². The van der Waals surface area contributed by atoms with Crippen molar-refractivity contribution in [1.29, 1.82) is 0 Å². The van der Waals surface area contributed by atoms with Crippen LogP contribution in [0.25, 0.3) is 39.7 Å². The van der Waals surface area contributed by atoms with Gasteiger partial charge in [0, 0.05) is 26.7 Å². The fourth-order valence-corrected chi connectivity index (χ4v) is 3.54. The van der Waals surface area contributed by atoms with E-state index in [2.05, 4.69) is 31.2 Å². The highest BCUT2D eigenvalue weighted by Gasteiger charge is 2.15. The van der Waals surface area contributed by atoms with Gasteiger partial charge in [0.1, 0.15) is 0 Å². The molecule has 2 aromatic heterocycles. The van der Waals surface area contributed by atoms with Gasteiger partial charge in [0.25, 0.3) is 5.78 Å². The van der Waals surface area contributed by atoms with Crippen molar-refractivity contribution in [3.63, 3.8) is 0 Å². The second-order valence-corrected chi connectivity index (χ2v) is 7.93. The number of aromatic nitrogens is 4. The fraction of sp³-hybridized carbons (Fsp3) is 0.0417. The number of halogens is 2. The van der Waals surface area contributed by atoms with E-state index in [9.17, 15) is 0 Å². The van der Waals surface area contributed by atoms with E-state index in [1.54, 1.807) is 4.52 Å². The van der Waals surface area contributed by atoms with Crippen LogP contribution in [0.2, 0.25) is 10.0 Å². The molecular formula is C24H16Cl2N4. The maximum Gasteiger partial charge on any atom is 0.253 e. The van der Waals surface area contributed by atoms with Gasteiger partial charge >= 0.3 is 0 Å². The lowest BCUT2D eigenvalue weighted by molar-refractivity contribution is 0.953. The Morgan fingerprint density at radius 2 is 1.23 bits per heavy atom. The molecule has 0 saturated carbocycles. The lowest BCUT2D eigenvalue weighted by Gasteiger charge is -2.08. The Morgan fingerprint density at radius 3 is 1.87 bits per heavy atom. The Bertz CT molecular complexity index is 1340. The summed E-state index contributed by atoms with van der Waals surface area (Å²) >= 11 is 12.1. The molecule has 0 unspecified atom stereocenters. The molecule has 2 heterocycles. The van der Waals surface area contributed by atoms with Crippen LogP contribution < -0.4 is 0 Å². The highest BCUT2D eigenvalue weighted by Crippen LogP contribution is 2.28. The minimum Gasteiger partial charge on any atom is -0.211 e. The van der Waals surface area contributed by atoms with Gasteiger partial charge < -0.3 is 0 Å². The van der Waals surface area contributed by atoms with Crippen LogP contribution in [-0.4, -0.2) is 19.6 Å². The smallest absolute Gasteiger partial charge is 0.211 e. The molecular weight excluding hydrogens is 415 g/mol. The third-order valence-electron chi connectivity index (χ3n) is 4.90. The second kappa shape index (κ2) is 7.56. The number of benzene rings is 3. The molecule has 5 aromatic rings. The summed E-state index contributed by atoms with van der Waals surface area (Å²) in [6.45, 7) is 2.07. The van der Waals surface area contributed by atoms with E-state index >= 15 is 0 Å². The molecule has 4 nitrogen and oxygen atoms in total. The second-order valence-electron chi connectivity index (χ2n) is 7.05. The van der Waals surface area contributed by atoms with Crippen molar-refractivity contribution in [3.05, 3.63) is 94.5 Å². The zero-order chi connectivity index (χ0) is 20.7. The van der Waals surface area contributed by atoms with E-state index < -0.39 is 0 Å². The Morgan fingerprint density at radius 1 is 0.667 bits per heavy atom. The minimum absolute atomic E-state index is 0.531. The molecule has 0 radical (unpaired) electrons. The van der Waals surface area contributed by atoms with E-state index in [-0.39, 0.29) is 0 Å². The van der Waals surface area contributed by atoms with Crippen LogP contribution >= 0.6 is 23.2 Å². The first-order valence-corrected chi connectivity index (χ1v) is 10.2. The van der Waals surface area contributed by atoms with Gasteiger partial charge in [-0.25, -0.2) is 4.98 Å². The number of rotatable bonds is 3. The summed E-state index contributed by atoms with van der Waals surface area (Å²) in [6, 6.07) is 25.5. The zero-order valence-electron chi connectivity index (χ0n) is 16.1. The fourth-order valence-electron chi connectivity index (χ4n) is 3.29. The molecule has 0 amide bonds. The summed E-state index contributed by atoms with van der Waals surface area (Å²) in [7, 11) is 0. The van der Waals surface area contributed by atoms with E-state index in [0.29, 0.717) is 21.6 Å². The van der Waals surface area contributed by atoms with Gasteiger partial charge in [-0.15, -0.1) is 5.10 Å². The van der Waals surface area contributed by atoms with Gasteiger partial charge in [0.05, 0.1) is 11.4 Å².